The number of hydrogen-bond donors (Lipinski definition) is 1. The Bertz CT molecular complexity index is 560. The van der Waals surface area contributed by atoms with Crippen LogP contribution in [0.15, 0.2) is 41.0 Å². The fraction of sp³-hybridized carbons (Fsp3) is 0.214. The molecule has 0 spiro atoms. The summed E-state index contributed by atoms with van der Waals surface area (Å²) in [6, 6.07) is 9.07. The van der Waals surface area contributed by atoms with Gasteiger partial charge in [0.1, 0.15) is 11.5 Å². The second-order valence-electron chi connectivity index (χ2n) is 4.11. The lowest BCUT2D eigenvalue weighted by atomic mass is 10.1. The Morgan fingerprint density at radius 3 is 2.74 bits per heavy atom. The summed E-state index contributed by atoms with van der Waals surface area (Å²) in [5.41, 5.74) is 6.78. The molecular formula is C14H14BrClN2O. The minimum Gasteiger partial charge on any atom is -0.455 e. The summed E-state index contributed by atoms with van der Waals surface area (Å²) in [5.74, 6) is 1.36. The molecule has 2 aromatic rings. The van der Waals surface area contributed by atoms with Gasteiger partial charge in [-0.2, -0.15) is 0 Å². The summed E-state index contributed by atoms with van der Waals surface area (Å²) in [7, 11) is 0. The molecule has 0 amide bonds. The third-order valence-corrected chi connectivity index (χ3v) is 3.56. The molecule has 0 fully saturated rings. The summed E-state index contributed by atoms with van der Waals surface area (Å²) in [4.78, 5) is 4.30. The van der Waals surface area contributed by atoms with Gasteiger partial charge in [-0.3, -0.25) is 4.98 Å². The molecule has 0 aliphatic rings. The van der Waals surface area contributed by atoms with Gasteiger partial charge in [0.2, 0.25) is 0 Å². The van der Waals surface area contributed by atoms with E-state index >= 15 is 0 Å². The van der Waals surface area contributed by atoms with E-state index in [0.29, 0.717) is 16.5 Å². The summed E-state index contributed by atoms with van der Waals surface area (Å²) in [6.45, 7) is 2.03. The molecule has 1 atom stereocenters. The van der Waals surface area contributed by atoms with Gasteiger partial charge in [0.05, 0.1) is 16.4 Å². The van der Waals surface area contributed by atoms with Crippen LogP contribution in [0.4, 0.5) is 0 Å². The molecule has 0 saturated carbocycles. The van der Waals surface area contributed by atoms with Gasteiger partial charge in [0.15, 0.2) is 0 Å². The van der Waals surface area contributed by atoms with Crippen molar-refractivity contribution < 1.29 is 4.74 Å². The van der Waals surface area contributed by atoms with Gasteiger partial charge in [-0.25, -0.2) is 0 Å². The van der Waals surface area contributed by atoms with E-state index in [2.05, 4.69) is 20.9 Å². The third-order valence-electron chi connectivity index (χ3n) is 2.70. The zero-order valence-electron chi connectivity index (χ0n) is 10.4. The molecule has 1 heterocycles. The average Bonchev–Trinajstić information content (AvgIpc) is 2.42. The first-order chi connectivity index (χ1) is 9.10. The van der Waals surface area contributed by atoms with E-state index < -0.39 is 0 Å². The van der Waals surface area contributed by atoms with Crippen molar-refractivity contribution in [2.45, 2.75) is 19.4 Å². The maximum atomic E-state index is 5.91. The van der Waals surface area contributed by atoms with Crippen LogP contribution in [0.25, 0.3) is 0 Å². The summed E-state index contributed by atoms with van der Waals surface area (Å²) < 4.78 is 6.52. The molecule has 1 aromatic carbocycles. The molecule has 0 saturated heterocycles. The van der Waals surface area contributed by atoms with Crippen LogP contribution in [0.2, 0.25) is 5.02 Å². The van der Waals surface area contributed by atoms with Crippen molar-refractivity contribution in [3.05, 3.63) is 51.7 Å². The zero-order chi connectivity index (χ0) is 13.8. The van der Waals surface area contributed by atoms with Crippen molar-refractivity contribution in [3.8, 4) is 11.5 Å². The number of aromatic nitrogens is 1. The average molecular weight is 342 g/mol. The van der Waals surface area contributed by atoms with Crippen molar-refractivity contribution in [2.75, 3.05) is 0 Å². The normalized spacial score (nSPS) is 12.2. The van der Waals surface area contributed by atoms with Crippen LogP contribution in [0.5, 0.6) is 11.5 Å². The second-order valence-corrected chi connectivity index (χ2v) is 5.40. The number of hydrogen-bond acceptors (Lipinski definition) is 3. The number of halogens is 2. The van der Waals surface area contributed by atoms with Crippen LogP contribution < -0.4 is 10.5 Å². The molecule has 100 valence electrons. The van der Waals surface area contributed by atoms with Crippen molar-refractivity contribution in [3.63, 3.8) is 0 Å². The Morgan fingerprint density at radius 1 is 1.37 bits per heavy atom. The van der Waals surface area contributed by atoms with Gasteiger partial charge in [-0.1, -0.05) is 18.5 Å². The molecular weight excluding hydrogens is 328 g/mol. The van der Waals surface area contributed by atoms with Crippen LogP contribution in [-0.2, 0) is 0 Å². The molecule has 0 aliphatic carbocycles. The van der Waals surface area contributed by atoms with E-state index in [4.69, 9.17) is 22.1 Å². The van der Waals surface area contributed by atoms with Gasteiger partial charge >= 0.3 is 0 Å². The molecule has 2 N–H and O–H groups in total. The van der Waals surface area contributed by atoms with Gasteiger partial charge in [0.25, 0.3) is 0 Å². The number of pyridine rings is 1. The molecule has 0 unspecified atom stereocenters. The smallest absolute Gasteiger partial charge is 0.145 e. The van der Waals surface area contributed by atoms with Gasteiger partial charge in [-0.05, 0) is 52.7 Å². The highest BCUT2D eigenvalue weighted by atomic mass is 79.9. The monoisotopic (exact) mass is 340 g/mol. The van der Waals surface area contributed by atoms with E-state index in [-0.39, 0.29) is 6.04 Å². The van der Waals surface area contributed by atoms with E-state index in [1.807, 2.05) is 19.1 Å². The zero-order valence-corrected chi connectivity index (χ0v) is 12.8. The lowest BCUT2D eigenvalue weighted by Crippen LogP contribution is -2.10. The Hall–Kier alpha value is -1.10. The Balaban J connectivity index is 2.15. The molecule has 1 aromatic heterocycles. The van der Waals surface area contributed by atoms with Crippen LogP contribution in [-0.4, -0.2) is 4.98 Å². The number of rotatable bonds is 4. The predicted molar refractivity (Wildman–Crippen MR) is 80.7 cm³/mol. The first-order valence-corrected chi connectivity index (χ1v) is 7.11. The second kappa shape index (κ2) is 6.37. The summed E-state index contributed by atoms with van der Waals surface area (Å²) in [5, 5.41) is 0.654. The minimum absolute atomic E-state index is 0.0312. The fourth-order valence-corrected chi connectivity index (χ4v) is 2.33. The van der Waals surface area contributed by atoms with Crippen molar-refractivity contribution >= 4 is 27.5 Å². The maximum absolute atomic E-state index is 5.91. The number of nitrogens with zero attached hydrogens (tertiary/aromatic N) is 1. The van der Waals surface area contributed by atoms with Crippen molar-refractivity contribution in [1.82, 2.24) is 4.98 Å². The molecule has 0 aliphatic heterocycles. The van der Waals surface area contributed by atoms with Crippen LogP contribution >= 0.6 is 27.5 Å². The molecule has 19 heavy (non-hydrogen) atoms. The van der Waals surface area contributed by atoms with Crippen LogP contribution in [0.1, 0.15) is 25.1 Å². The Morgan fingerprint density at radius 2 is 2.16 bits per heavy atom. The first kappa shape index (κ1) is 14.3. The lowest BCUT2D eigenvalue weighted by molar-refractivity contribution is 0.476. The molecule has 0 bridgehead atoms. The fourth-order valence-electron chi connectivity index (χ4n) is 1.57. The highest BCUT2D eigenvalue weighted by Gasteiger charge is 2.07. The number of ether oxygens (including phenoxy) is 1. The SMILES string of the molecule is CC[C@H](N)c1ccc(Oc2ccc(Cl)cc2Br)cn1. The lowest BCUT2D eigenvalue weighted by Gasteiger charge is -2.10. The number of nitrogens with two attached hydrogens (primary N) is 1. The molecule has 5 heteroatoms. The van der Waals surface area contributed by atoms with Gasteiger partial charge < -0.3 is 10.5 Å². The molecule has 0 radical (unpaired) electrons. The minimum atomic E-state index is -0.0312. The predicted octanol–water partition coefficient (Wildman–Crippen LogP) is 4.70. The van der Waals surface area contributed by atoms with Gasteiger partial charge in [0, 0.05) is 11.1 Å². The Kier molecular flexibility index (Phi) is 4.80. The highest BCUT2D eigenvalue weighted by Crippen LogP contribution is 2.31. The highest BCUT2D eigenvalue weighted by molar-refractivity contribution is 9.10. The number of benzene rings is 1. The summed E-state index contributed by atoms with van der Waals surface area (Å²) >= 11 is 9.28. The summed E-state index contributed by atoms with van der Waals surface area (Å²) in [6.07, 6.45) is 2.53. The standard InChI is InChI=1S/C14H14BrClN2O/c1-2-12(17)13-5-4-10(8-18-13)19-14-6-3-9(16)7-11(14)15/h3-8,12H,2,17H2,1H3/t12-/m0/s1. The third kappa shape index (κ3) is 3.69. The quantitative estimate of drug-likeness (QED) is 0.877. The first-order valence-electron chi connectivity index (χ1n) is 5.94. The van der Waals surface area contributed by atoms with Gasteiger partial charge in [-0.15, -0.1) is 0 Å². The topological polar surface area (TPSA) is 48.1 Å². The van der Waals surface area contributed by atoms with E-state index in [9.17, 15) is 0 Å². The molecule has 2 rings (SSSR count). The molecule has 3 nitrogen and oxygen atoms in total. The van der Waals surface area contributed by atoms with E-state index in [1.54, 1.807) is 24.4 Å². The van der Waals surface area contributed by atoms with Crippen LogP contribution in [0, 0.1) is 0 Å². The Labute approximate surface area is 125 Å². The van der Waals surface area contributed by atoms with E-state index in [1.165, 1.54) is 0 Å². The van der Waals surface area contributed by atoms with Crippen molar-refractivity contribution in [1.29, 1.82) is 0 Å². The largest absolute Gasteiger partial charge is 0.455 e. The van der Waals surface area contributed by atoms with Crippen molar-refractivity contribution in [2.24, 2.45) is 5.73 Å². The van der Waals surface area contributed by atoms with Crippen LogP contribution in [0.3, 0.4) is 0 Å². The maximum Gasteiger partial charge on any atom is 0.145 e. The van der Waals surface area contributed by atoms with E-state index in [0.717, 1.165) is 16.6 Å².